The molecule has 122 valence electrons. The molecule has 0 aliphatic carbocycles. The first-order valence-corrected chi connectivity index (χ1v) is 8.75. The highest BCUT2D eigenvalue weighted by Gasteiger charge is 2.12. The highest BCUT2D eigenvalue weighted by atomic mass is 35.5. The van der Waals surface area contributed by atoms with Crippen molar-refractivity contribution in [2.45, 2.75) is 18.0 Å². The van der Waals surface area contributed by atoms with E-state index in [0.717, 1.165) is 25.5 Å². The Morgan fingerprint density at radius 3 is 2.82 bits per heavy atom. The van der Waals surface area contributed by atoms with Gasteiger partial charge in [-0.1, -0.05) is 23.4 Å². The first kappa shape index (κ1) is 17.3. The maximum absolute atomic E-state index is 11.8. The fourth-order valence-corrected chi connectivity index (χ4v) is 3.13. The number of likely N-dealkylation sites (tertiary alicyclic amines) is 1. The number of hydrogen-bond acceptors (Lipinski definition) is 6. The second kappa shape index (κ2) is 8.55. The summed E-state index contributed by atoms with van der Waals surface area (Å²) < 4.78 is 0. The van der Waals surface area contributed by atoms with Crippen molar-refractivity contribution in [2.24, 2.45) is 0 Å². The molecule has 0 radical (unpaired) electrons. The summed E-state index contributed by atoms with van der Waals surface area (Å²) >= 11 is 7.27. The Morgan fingerprint density at radius 1 is 1.41 bits per heavy atom. The summed E-state index contributed by atoms with van der Waals surface area (Å²) in [7, 11) is 3.77. The predicted molar refractivity (Wildman–Crippen MR) is 90.8 cm³/mol. The smallest absolute Gasteiger partial charge is 0.230 e. The maximum Gasteiger partial charge on any atom is 0.230 e. The molecular weight excluding hydrogens is 322 g/mol. The molecule has 6 nitrogen and oxygen atoms in total. The number of nitrogens with one attached hydrogen (secondary N) is 1. The molecule has 8 heteroatoms. The van der Waals surface area contributed by atoms with E-state index >= 15 is 0 Å². The minimum Gasteiger partial charge on any atom is -0.363 e. The van der Waals surface area contributed by atoms with Crippen LogP contribution in [0.3, 0.4) is 0 Å². The number of rotatable bonds is 7. The van der Waals surface area contributed by atoms with E-state index in [1.807, 2.05) is 19.0 Å². The van der Waals surface area contributed by atoms with Crippen LogP contribution in [0.15, 0.2) is 11.2 Å². The van der Waals surface area contributed by atoms with Gasteiger partial charge in [0.05, 0.1) is 5.75 Å². The van der Waals surface area contributed by atoms with Crippen LogP contribution in [-0.4, -0.2) is 66.8 Å². The van der Waals surface area contributed by atoms with E-state index in [1.165, 1.54) is 24.6 Å². The number of carbonyl (C=O) groups excluding carboxylic acids is 1. The lowest BCUT2D eigenvalue weighted by molar-refractivity contribution is -0.118. The predicted octanol–water partition coefficient (Wildman–Crippen LogP) is 1.50. The molecule has 0 unspecified atom stereocenters. The molecule has 1 aromatic heterocycles. The normalized spacial score (nSPS) is 15.0. The van der Waals surface area contributed by atoms with Gasteiger partial charge < -0.3 is 15.1 Å². The third kappa shape index (κ3) is 5.62. The average molecular weight is 344 g/mol. The minimum absolute atomic E-state index is 0.000763. The Labute approximate surface area is 140 Å². The molecule has 0 atom stereocenters. The quantitative estimate of drug-likeness (QED) is 0.460. The molecule has 2 rings (SSSR count). The Hall–Kier alpha value is -1.05. The van der Waals surface area contributed by atoms with Crippen molar-refractivity contribution in [3.8, 4) is 0 Å². The Morgan fingerprint density at radius 2 is 2.14 bits per heavy atom. The van der Waals surface area contributed by atoms with Gasteiger partial charge in [0.1, 0.15) is 11.0 Å². The van der Waals surface area contributed by atoms with Gasteiger partial charge in [-0.15, -0.1) is 0 Å². The van der Waals surface area contributed by atoms with E-state index in [9.17, 15) is 4.79 Å². The van der Waals surface area contributed by atoms with Gasteiger partial charge in [-0.3, -0.25) is 4.79 Å². The van der Waals surface area contributed by atoms with Crippen molar-refractivity contribution in [1.29, 1.82) is 0 Å². The van der Waals surface area contributed by atoms with Crippen LogP contribution in [0.2, 0.25) is 5.15 Å². The molecule has 1 saturated heterocycles. The van der Waals surface area contributed by atoms with Crippen molar-refractivity contribution in [1.82, 2.24) is 20.2 Å². The van der Waals surface area contributed by atoms with E-state index in [4.69, 9.17) is 11.6 Å². The molecule has 0 aromatic carbocycles. The number of thioether (sulfide) groups is 1. The Bertz CT molecular complexity index is 508. The van der Waals surface area contributed by atoms with Crippen LogP contribution in [0, 0.1) is 0 Å². The first-order chi connectivity index (χ1) is 10.5. The molecule has 1 amide bonds. The van der Waals surface area contributed by atoms with Gasteiger partial charge in [-0.05, 0) is 25.9 Å². The lowest BCUT2D eigenvalue weighted by Crippen LogP contribution is -2.34. The average Bonchev–Trinajstić information content (AvgIpc) is 2.98. The van der Waals surface area contributed by atoms with Gasteiger partial charge in [0, 0.05) is 33.3 Å². The van der Waals surface area contributed by atoms with Crippen LogP contribution in [0.4, 0.5) is 5.82 Å². The van der Waals surface area contributed by atoms with Crippen LogP contribution in [0.1, 0.15) is 12.8 Å². The third-order valence-electron chi connectivity index (χ3n) is 3.40. The fraction of sp³-hybridized carbons (Fsp3) is 0.643. The summed E-state index contributed by atoms with van der Waals surface area (Å²) in [6.07, 6.45) is 2.54. The summed E-state index contributed by atoms with van der Waals surface area (Å²) in [6, 6.07) is 1.70. The molecule has 1 N–H and O–H groups in total. The molecule has 0 spiro atoms. The number of hydrogen-bond donors (Lipinski definition) is 1. The Balaban J connectivity index is 1.73. The minimum atomic E-state index is -0.000763. The van der Waals surface area contributed by atoms with Gasteiger partial charge in [-0.25, -0.2) is 9.97 Å². The highest BCUT2D eigenvalue weighted by Crippen LogP contribution is 2.20. The summed E-state index contributed by atoms with van der Waals surface area (Å²) in [5.41, 5.74) is 0. The monoisotopic (exact) mass is 343 g/mol. The van der Waals surface area contributed by atoms with Crippen LogP contribution in [0.25, 0.3) is 0 Å². The van der Waals surface area contributed by atoms with Crippen molar-refractivity contribution >= 4 is 35.1 Å². The van der Waals surface area contributed by atoms with Crippen molar-refractivity contribution < 1.29 is 4.79 Å². The topological polar surface area (TPSA) is 61.4 Å². The van der Waals surface area contributed by atoms with Crippen LogP contribution in [-0.2, 0) is 4.79 Å². The summed E-state index contributed by atoms with van der Waals surface area (Å²) in [5, 5.41) is 3.84. The zero-order chi connectivity index (χ0) is 15.9. The summed E-state index contributed by atoms with van der Waals surface area (Å²) in [4.78, 5) is 24.6. The highest BCUT2D eigenvalue weighted by molar-refractivity contribution is 7.99. The number of amides is 1. The SMILES string of the molecule is CN(C)c1cc(Cl)nc(SCC(=O)NCCN2CCCC2)n1. The van der Waals surface area contributed by atoms with Gasteiger partial charge in [-0.2, -0.15) is 0 Å². The van der Waals surface area contributed by atoms with Crippen LogP contribution < -0.4 is 10.2 Å². The molecule has 2 heterocycles. The van der Waals surface area contributed by atoms with E-state index in [-0.39, 0.29) is 5.91 Å². The zero-order valence-corrected chi connectivity index (χ0v) is 14.6. The molecule has 1 aliphatic heterocycles. The van der Waals surface area contributed by atoms with Gasteiger partial charge >= 0.3 is 0 Å². The summed E-state index contributed by atoms with van der Waals surface area (Å²) in [5.74, 6) is 1.03. The number of halogens is 1. The molecule has 1 aromatic rings. The Kier molecular flexibility index (Phi) is 6.72. The van der Waals surface area contributed by atoms with E-state index in [0.29, 0.717) is 22.6 Å². The summed E-state index contributed by atoms with van der Waals surface area (Å²) in [6.45, 7) is 3.91. The molecule has 0 saturated carbocycles. The lowest BCUT2D eigenvalue weighted by atomic mass is 10.4. The number of nitrogens with zero attached hydrogens (tertiary/aromatic N) is 4. The van der Waals surface area contributed by atoms with Crippen molar-refractivity contribution in [2.75, 3.05) is 50.9 Å². The standard InChI is InChI=1S/C14H22ClN5OS/c1-19(2)12-9-11(15)17-14(18-12)22-10-13(21)16-5-8-20-6-3-4-7-20/h9H,3-8,10H2,1-2H3,(H,16,21). The van der Waals surface area contributed by atoms with E-state index < -0.39 is 0 Å². The molecule has 1 aliphatic rings. The number of aromatic nitrogens is 2. The lowest BCUT2D eigenvalue weighted by Gasteiger charge is -2.14. The molecule has 0 bridgehead atoms. The molecule has 1 fully saturated rings. The van der Waals surface area contributed by atoms with Gasteiger partial charge in [0.15, 0.2) is 5.16 Å². The van der Waals surface area contributed by atoms with Crippen LogP contribution >= 0.6 is 23.4 Å². The second-order valence-electron chi connectivity index (χ2n) is 5.41. The van der Waals surface area contributed by atoms with E-state index in [2.05, 4.69) is 20.2 Å². The van der Waals surface area contributed by atoms with Crippen molar-refractivity contribution in [3.05, 3.63) is 11.2 Å². The van der Waals surface area contributed by atoms with Crippen LogP contribution in [0.5, 0.6) is 0 Å². The number of carbonyl (C=O) groups is 1. The zero-order valence-electron chi connectivity index (χ0n) is 13.0. The maximum atomic E-state index is 11.8. The number of anilines is 1. The van der Waals surface area contributed by atoms with Gasteiger partial charge in [0.2, 0.25) is 5.91 Å². The molecule has 22 heavy (non-hydrogen) atoms. The first-order valence-electron chi connectivity index (χ1n) is 7.38. The molecular formula is C14H22ClN5OS. The largest absolute Gasteiger partial charge is 0.363 e. The van der Waals surface area contributed by atoms with Crippen molar-refractivity contribution in [3.63, 3.8) is 0 Å². The van der Waals surface area contributed by atoms with Gasteiger partial charge in [0.25, 0.3) is 0 Å². The fourth-order valence-electron chi connectivity index (χ4n) is 2.22. The van der Waals surface area contributed by atoms with E-state index in [1.54, 1.807) is 6.07 Å². The second-order valence-corrected chi connectivity index (χ2v) is 6.74. The third-order valence-corrected chi connectivity index (χ3v) is 4.44.